The van der Waals surface area contributed by atoms with E-state index < -0.39 is 5.97 Å². The Labute approximate surface area is 159 Å². The Hall–Kier alpha value is -1.64. The van der Waals surface area contributed by atoms with Crippen LogP contribution in [0.25, 0.3) is 0 Å². The van der Waals surface area contributed by atoms with E-state index in [9.17, 15) is 9.59 Å². The molecule has 2 N–H and O–H groups in total. The van der Waals surface area contributed by atoms with Gasteiger partial charge in [-0.15, -0.1) is 0 Å². The summed E-state index contributed by atoms with van der Waals surface area (Å²) < 4.78 is 0. The van der Waals surface area contributed by atoms with Crippen molar-refractivity contribution in [3.8, 4) is 0 Å². The average Bonchev–Trinajstić information content (AvgIpc) is 3.05. The topological polar surface area (TPSA) is 76.1 Å². The minimum Gasteiger partial charge on any atom is -0.480 e. The molecule has 1 heterocycles. The zero-order valence-corrected chi connectivity index (χ0v) is 16.7. The molecule has 1 aromatic heterocycles. The van der Waals surface area contributed by atoms with Gasteiger partial charge in [-0.25, -0.2) is 4.79 Å². The van der Waals surface area contributed by atoms with E-state index in [4.69, 9.17) is 5.11 Å². The van der Waals surface area contributed by atoms with Crippen molar-refractivity contribution in [2.45, 2.75) is 38.4 Å². The van der Waals surface area contributed by atoms with Gasteiger partial charge in [0.15, 0.2) is 0 Å². The van der Waals surface area contributed by atoms with Gasteiger partial charge in [-0.2, -0.15) is 11.3 Å². The Kier molecular flexibility index (Phi) is 7.86. The van der Waals surface area contributed by atoms with Gasteiger partial charge in [-0.05, 0) is 55.9 Å². The molecule has 0 aliphatic heterocycles. The van der Waals surface area contributed by atoms with Crippen LogP contribution in [0.3, 0.4) is 0 Å². The fourth-order valence-corrected chi connectivity index (χ4v) is 3.78. The fourth-order valence-electron chi connectivity index (χ4n) is 3.12. The summed E-state index contributed by atoms with van der Waals surface area (Å²) >= 11 is 1.64. The SMILES string of the molecule is CCN(CC(=O)O)C1CC(NC(=O)N(CCN(C)C)Cc2ccsc2)C1. The predicted molar refractivity (Wildman–Crippen MR) is 104 cm³/mol. The molecule has 7 nitrogen and oxygen atoms in total. The van der Waals surface area contributed by atoms with Crippen LogP contribution in [0.5, 0.6) is 0 Å². The lowest BCUT2D eigenvalue weighted by atomic mass is 9.85. The number of aliphatic carboxylic acids is 1. The molecule has 2 rings (SSSR count). The minimum atomic E-state index is -0.801. The molecule has 1 aliphatic carbocycles. The Morgan fingerprint density at radius 3 is 2.58 bits per heavy atom. The number of rotatable bonds is 10. The Morgan fingerprint density at radius 1 is 1.31 bits per heavy atom. The van der Waals surface area contributed by atoms with E-state index in [2.05, 4.69) is 15.6 Å². The number of hydrogen-bond donors (Lipinski definition) is 2. The van der Waals surface area contributed by atoms with Crippen LogP contribution in [-0.4, -0.2) is 84.2 Å². The van der Waals surface area contributed by atoms with Gasteiger partial charge in [-0.1, -0.05) is 6.92 Å². The van der Waals surface area contributed by atoms with Gasteiger partial charge in [0.2, 0.25) is 0 Å². The molecule has 0 radical (unpaired) electrons. The van der Waals surface area contributed by atoms with Crippen LogP contribution in [0.1, 0.15) is 25.3 Å². The van der Waals surface area contributed by atoms with Crippen molar-refractivity contribution in [3.63, 3.8) is 0 Å². The highest BCUT2D eigenvalue weighted by Gasteiger charge is 2.35. The standard InChI is InChI=1S/C18H30N4O3S/c1-4-21(12-17(23)24)16-9-15(10-16)19-18(25)22(7-6-20(2)3)11-14-5-8-26-13-14/h5,8,13,15-16H,4,6-7,9-12H2,1-3H3,(H,19,25)(H,23,24). The van der Waals surface area contributed by atoms with Crippen molar-refractivity contribution in [2.75, 3.05) is 40.3 Å². The third-order valence-corrected chi connectivity index (χ3v) is 5.49. The van der Waals surface area contributed by atoms with Gasteiger partial charge in [-0.3, -0.25) is 9.69 Å². The summed E-state index contributed by atoms with van der Waals surface area (Å²) in [5, 5.41) is 16.2. The summed E-state index contributed by atoms with van der Waals surface area (Å²) in [5.41, 5.74) is 1.15. The van der Waals surface area contributed by atoms with Crippen LogP contribution in [0.15, 0.2) is 16.8 Å². The zero-order chi connectivity index (χ0) is 19.1. The first-order valence-electron chi connectivity index (χ1n) is 9.06. The second kappa shape index (κ2) is 9.89. The summed E-state index contributed by atoms with van der Waals surface area (Å²) in [6, 6.07) is 2.38. The summed E-state index contributed by atoms with van der Waals surface area (Å²) in [4.78, 5) is 29.5. The number of carboxylic acids is 1. The molecule has 2 amide bonds. The molecular weight excluding hydrogens is 352 g/mol. The minimum absolute atomic E-state index is 0.0391. The fraction of sp³-hybridized carbons (Fsp3) is 0.667. The number of thiophene rings is 1. The van der Waals surface area contributed by atoms with E-state index >= 15 is 0 Å². The third-order valence-electron chi connectivity index (χ3n) is 4.76. The van der Waals surface area contributed by atoms with Crippen LogP contribution < -0.4 is 5.32 Å². The molecule has 0 aromatic carbocycles. The first-order valence-corrected chi connectivity index (χ1v) is 10.0. The zero-order valence-electron chi connectivity index (χ0n) is 15.9. The number of amides is 2. The van der Waals surface area contributed by atoms with Crippen LogP contribution in [-0.2, 0) is 11.3 Å². The molecule has 8 heteroatoms. The first-order chi connectivity index (χ1) is 12.4. The molecule has 0 unspecified atom stereocenters. The Bertz CT molecular complexity index is 573. The molecule has 0 bridgehead atoms. The highest BCUT2D eigenvalue weighted by Crippen LogP contribution is 2.25. The van der Waals surface area contributed by atoms with E-state index in [-0.39, 0.29) is 24.7 Å². The number of likely N-dealkylation sites (N-methyl/N-ethyl adjacent to an activating group) is 2. The monoisotopic (exact) mass is 382 g/mol. The van der Waals surface area contributed by atoms with Gasteiger partial charge in [0.25, 0.3) is 0 Å². The lowest BCUT2D eigenvalue weighted by Crippen LogP contribution is -2.57. The molecule has 0 spiro atoms. The van der Waals surface area contributed by atoms with Gasteiger partial charge < -0.3 is 20.2 Å². The normalized spacial score (nSPS) is 19.4. The van der Waals surface area contributed by atoms with Crippen LogP contribution in [0, 0.1) is 0 Å². The van der Waals surface area contributed by atoms with Crippen molar-refractivity contribution in [1.82, 2.24) is 20.0 Å². The summed E-state index contributed by atoms with van der Waals surface area (Å²) in [6.07, 6.45) is 1.62. The van der Waals surface area contributed by atoms with Gasteiger partial charge >= 0.3 is 12.0 Å². The van der Waals surface area contributed by atoms with Crippen molar-refractivity contribution in [1.29, 1.82) is 0 Å². The maximum atomic E-state index is 12.7. The van der Waals surface area contributed by atoms with Crippen LogP contribution in [0.4, 0.5) is 4.79 Å². The number of hydrogen-bond acceptors (Lipinski definition) is 5. The van der Waals surface area contributed by atoms with Crippen molar-refractivity contribution < 1.29 is 14.7 Å². The molecular formula is C18H30N4O3S. The largest absolute Gasteiger partial charge is 0.480 e. The molecule has 0 saturated heterocycles. The quantitative estimate of drug-likeness (QED) is 0.645. The number of carboxylic acid groups (broad SMARTS) is 1. The molecule has 0 atom stereocenters. The van der Waals surface area contributed by atoms with Gasteiger partial charge in [0.1, 0.15) is 0 Å². The van der Waals surface area contributed by atoms with Crippen molar-refractivity contribution in [2.24, 2.45) is 0 Å². The van der Waals surface area contributed by atoms with E-state index in [1.54, 1.807) is 11.3 Å². The maximum absolute atomic E-state index is 12.7. The van der Waals surface area contributed by atoms with E-state index in [0.717, 1.165) is 24.9 Å². The second-order valence-electron chi connectivity index (χ2n) is 7.08. The van der Waals surface area contributed by atoms with Gasteiger partial charge in [0, 0.05) is 31.7 Å². The summed E-state index contributed by atoms with van der Waals surface area (Å²) in [6.45, 7) is 4.84. The number of carbonyl (C=O) groups excluding carboxylic acids is 1. The highest BCUT2D eigenvalue weighted by molar-refractivity contribution is 7.07. The molecule has 1 aromatic rings. The van der Waals surface area contributed by atoms with E-state index in [0.29, 0.717) is 19.6 Å². The molecule has 146 valence electrons. The summed E-state index contributed by atoms with van der Waals surface area (Å²) in [5.74, 6) is -0.801. The van der Waals surface area contributed by atoms with E-state index in [1.807, 2.05) is 42.3 Å². The first kappa shape index (κ1) is 20.7. The third kappa shape index (κ3) is 6.26. The predicted octanol–water partition coefficient (Wildman–Crippen LogP) is 1.76. The van der Waals surface area contributed by atoms with Crippen molar-refractivity contribution in [3.05, 3.63) is 22.4 Å². The highest BCUT2D eigenvalue weighted by atomic mass is 32.1. The lowest BCUT2D eigenvalue weighted by Gasteiger charge is -2.42. The molecule has 1 saturated carbocycles. The average molecular weight is 383 g/mol. The maximum Gasteiger partial charge on any atom is 0.317 e. The van der Waals surface area contributed by atoms with Gasteiger partial charge in [0.05, 0.1) is 6.54 Å². The molecule has 1 fully saturated rings. The Morgan fingerprint density at radius 2 is 2.04 bits per heavy atom. The smallest absolute Gasteiger partial charge is 0.317 e. The number of carbonyl (C=O) groups is 2. The number of nitrogens with zero attached hydrogens (tertiary/aromatic N) is 3. The lowest BCUT2D eigenvalue weighted by molar-refractivity contribution is -0.139. The number of nitrogens with one attached hydrogen (secondary N) is 1. The number of urea groups is 1. The van der Waals surface area contributed by atoms with Crippen LogP contribution in [0.2, 0.25) is 0 Å². The molecule has 1 aliphatic rings. The Balaban J connectivity index is 1.84. The second-order valence-corrected chi connectivity index (χ2v) is 7.86. The molecule has 26 heavy (non-hydrogen) atoms. The van der Waals surface area contributed by atoms with Crippen LogP contribution >= 0.6 is 11.3 Å². The van der Waals surface area contributed by atoms with Crippen molar-refractivity contribution >= 4 is 23.3 Å². The van der Waals surface area contributed by atoms with E-state index in [1.165, 1.54) is 0 Å². The summed E-state index contributed by atoms with van der Waals surface area (Å²) in [7, 11) is 4.00.